The van der Waals surface area contributed by atoms with Gasteiger partial charge in [-0.1, -0.05) is 41.9 Å². The Hall–Kier alpha value is -0.380. The summed E-state index contributed by atoms with van der Waals surface area (Å²) in [6.45, 7) is 8.30. The molecule has 0 spiro atoms. The maximum Gasteiger partial charge on any atom is 0.0307 e. The van der Waals surface area contributed by atoms with Crippen LogP contribution in [0.15, 0.2) is 28.7 Å². The number of hydrogen-bond acceptors (Lipinski definition) is 2. The molecule has 0 saturated carbocycles. The van der Waals surface area contributed by atoms with Gasteiger partial charge in [0.15, 0.2) is 0 Å². The van der Waals surface area contributed by atoms with Crippen molar-refractivity contribution in [3.63, 3.8) is 0 Å². The quantitative estimate of drug-likeness (QED) is 0.908. The van der Waals surface area contributed by atoms with Crippen LogP contribution < -0.4 is 5.73 Å². The molecule has 2 rings (SSSR count). The molecular formula is C16H25BrN2. The van der Waals surface area contributed by atoms with E-state index in [4.69, 9.17) is 5.73 Å². The molecule has 0 aromatic heterocycles. The molecule has 1 aromatic carbocycles. The zero-order chi connectivity index (χ0) is 13.9. The molecule has 0 bridgehead atoms. The number of nitrogens with two attached hydrogens (primary N) is 1. The number of nitrogens with zero attached hydrogens (tertiary/aromatic N) is 1. The van der Waals surface area contributed by atoms with Crippen molar-refractivity contribution in [2.24, 2.45) is 11.1 Å². The van der Waals surface area contributed by atoms with Gasteiger partial charge in [-0.15, -0.1) is 0 Å². The fourth-order valence-electron chi connectivity index (χ4n) is 2.61. The molecule has 0 aliphatic carbocycles. The van der Waals surface area contributed by atoms with Gasteiger partial charge in [0, 0.05) is 10.5 Å². The third kappa shape index (κ3) is 4.59. The molecule has 1 aliphatic heterocycles. The van der Waals surface area contributed by atoms with E-state index in [1.165, 1.54) is 31.5 Å². The summed E-state index contributed by atoms with van der Waals surface area (Å²) in [7, 11) is 0. The van der Waals surface area contributed by atoms with Crippen LogP contribution in [0.25, 0.3) is 0 Å². The summed E-state index contributed by atoms with van der Waals surface area (Å²) in [4.78, 5) is 2.56. The van der Waals surface area contributed by atoms with E-state index in [-0.39, 0.29) is 6.04 Å². The van der Waals surface area contributed by atoms with Gasteiger partial charge < -0.3 is 10.6 Å². The van der Waals surface area contributed by atoms with Crippen molar-refractivity contribution < 1.29 is 0 Å². The third-order valence-electron chi connectivity index (χ3n) is 4.24. The van der Waals surface area contributed by atoms with Crippen LogP contribution in [0.1, 0.15) is 44.7 Å². The second-order valence-corrected chi connectivity index (χ2v) is 7.37. The second-order valence-electron chi connectivity index (χ2n) is 6.46. The van der Waals surface area contributed by atoms with Gasteiger partial charge in [0.1, 0.15) is 0 Å². The molecule has 2 nitrogen and oxygen atoms in total. The highest BCUT2D eigenvalue weighted by Crippen LogP contribution is 2.30. The van der Waals surface area contributed by atoms with Crippen LogP contribution in [-0.2, 0) is 0 Å². The Bertz CT molecular complexity index is 407. The van der Waals surface area contributed by atoms with Gasteiger partial charge in [-0.25, -0.2) is 0 Å². The first-order valence-electron chi connectivity index (χ1n) is 7.20. The van der Waals surface area contributed by atoms with E-state index in [2.05, 4.69) is 52.9 Å². The normalized spacial score (nSPS) is 21.3. The van der Waals surface area contributed by atoms with Crippen molar-refractivity contribution in [3.8, 4) is 0 Å². The van der Waals surface area contributed by atoms with Crippen molar-refractivity contribution in [3.05, 3.63) is 34.3 Å². The Morgan fingerprint density at radius 1 is 1.32 bits per heavy atom. The number of hydrogen-bond donors (Lipinski definition) is 1. The lowest BCUT2D eigenvalue weighted by Gasteiger charge is -2.37. The molecular weight excluding hydrogens is 300 g/mol. The van der Waals surface area contributed by atoms with E-state index < -0.39 is 0 Å². The zero-order valence-electron chi connectivity index (χ0n) is 12.0. The SMILES string of the molecule is CC1(C)CCN(CCC(N)c2cccc(Br)c2)CC1. The summed E-state index contributed by atoms with van der Waals surface area (Å²) >= 11 is 3.50. The average molecular weight is 325 g/mol. The number of likely N-dealkylation sites (tertiary alicyclic amines) is 1. The first kappa shape index (κ1) is 15.0. The van der Waals surface area contributed by atoms with E-state index in [9.17, 15) is 0 Å². The van der Waals surface area contributed by atoms with Crippen LogP contribution in [-0.4, -0.2) is 24.5 Å². The minimum atomic E-state index is 0.146. The smallest absolute Gasteiger partial charge is 0.0307 e. The molecule has 1 fully saturated rings. The lowest BCUT2D eigenvalue weighted by molar-refractivity contribution is 0.129. The van der Waals surface area contributed by atoms with Crippen LogP contribution in [0, 0.1) is 5.41 Å². The molecule has 106 valence electrons. The second kappa shape index (κ2) is 6.38. The number of benzene rings is 1. The topological polar surface area (TPSA) is 29.3 Å². The van der Waals surface area contributed by atoms with Crippen LogP contribution in [0.4, 0.5) is 0 Å². The van der Waals surface area contributed by atoms with Crippen molar-refractivity contribution in [2.45, 2.75) is 39.2 Å². The van der Waals surface area contributed by atoms with E-state index in [1.807, 2.05) is 6.07 Å². The van der Waals surface area contributed by atoms with Gasteiger partial charge in [-0.2, -0.15) is 0 Å². The van der Waals surface area contributed by atoms with Crippen molar-refractivity contribution >= 4 is 15.9 Å². The number of halogens is 1. The lowest BCUT2D eigenvalue weighted by atomic mass is 9.82. The van der Waals surface area contributed by atoms with Gasteiger partial charge in [0.05, 0.1) is 0 Å². The van der Waals surface area contributed by atoms with Gasteiger partial charge in [-0.05, 0) is 62.0 Å². The fraction of sp³-hybridized carbons (Fsp3) is 0.625. The Labute approximate surface area is 125 Å². The molecule has 2 N–H and O–H groups in total. The van der Waals surface area contributed by atoms with Gasteiger partial charge in [-0.3, -0.25) is 0 Å². The van der Waals surface area contributed by atoms with Crippen LogP contribution in [0.3, 0.4) is 0 Å². The summed E-state index contributed by atoms with van der Waals surface area (Å²) in [5.41, 5.74) is 8.05. The number of piperidine rings is 1. The average Bonchev–Trinajstić information content (AvgIpc) is 2.37. The highest BCUT2D eigenvalue weighted by Gasteiger charge is 2.25. The molecule has 19 heavy (non-hydrogen) atoms. The minimum Gasteiger partial charge on any atom is -0.324 e. The molecule has 0 amide bonds. The predicted molar refractivity (Wildman–Crippen MR) is 85.1 cm³/mol. The molecule has 0 radical (unpaired) electrons. The Morgan fingerprint density at radius 2 is 2.00 bits per heavy atom. The summed E-state index contributed by atoms with van der Waals surface area (Å²) in [5.74, 6) is 0. The van der Waals surface area contributed by atoms with Crippen LogP contribution >= 0.6 is 15.9 Å². The van der Waals surface area contributed by atoms with Crippen molar-refractivity contribution in [2.75, 3.05) is 19.6 Å². The van der Waals surface area contributed by atoms with Gasteiger partial charge in [0.2, 0.25) is 0 Å². The maximum absolute atomic E-state index is 6.29. The Morgan fingerprint density at radius 3 is 2.63 bits per heavy atom. The fourth-order valence-corrected chi connectivity index (χ4v) is 3.02. The molecule has 1 heterocycles. The number of rotatable bonds is 4. The molecule has 1 atom stereocenters. The van der Waals surface area contributed by atoms with E-state index in [0.717, 1.165) is 17.4 Å². The monoisotopic (exact) mass is 324 g/mol. The molecule has 1 unspecified atom stereocenters. The predicted octanol–water partition coefficient (Wildman–Crippen LogP) is 3.96. The molecule has 3 heteroatoms. The standard InChI is InChI=1S/C16H25BrN2/c1-16(2)7-10-19(11-8-16)9-6-15(18)13-4-3-5-14(17)12-13/h3-5,12,15H,6-11,18H2,1-2H3. The summed E-state index contributed by atoms with van der Waals surface area (Å²) < 4.78 is 1.11. The summed E-state index contributed by atoms with van der Waals surface area (Å²) in [5, 5.41) is 0. The van der Waals surface area contributed by atoms with Crippen molar-refractivity contribution in [1.29, 1.82) is 0 Å². The first-order chi connectivity index (χ1) is 8.96. The molecule has 1 aliphatic rings. The lowest BCUT2D eigenvalue weighted by Crippen LogP contribution is -2.38. The van der Waals surface area contributed by atoms with Gasteiger partial charge in [0.25, 0.3) is 0 Å². The Balaban J connectivity index is 1.80. The molecule has 1 aromatic rings. The summed E-state index contributed by atoms with van der Waals surface area (Å²) in [6.07, 6.45) is 3.65. The minimum absolute atomic E-state index is 0.146. The van der Waals surface area contributed by atoms with Gasteiger partial charge >= 0.3 is 0 Å². The third-order valence-corrected chi connectivity index (χ3v) is 4.74. The van der Waals surface area contributed by atoms with Crippen LogP contribution in [0.5, 0.6) is 0 Å². The molecule has 1 saturated heterocycles. The summed E-state index contributed by atoms with van der Waals surface area (Å²) in [6, 6.07) is 8.50. The maximum atomic E-state index is 6.29. The van der Waals surface area contributed by atoms with E-state index in [1.54, 1.807) is 0 Å². The van der Waals surface area contributed by atoms with Crippen molar-refractivity contribution in [1.82, 2.24) is 4.90 Å². The van der Waals surface area contributed by atoms with Crippen LogP contribution in [0.2, 0.25) is 0 Å². The first-order valence-corrected chi connectivity index (χ1v) is 7.99. The largest absolute Gasteiger partial charge is 0.324 e. The van der Waals surface area contributed by atoms with E-state index in [0.29, 0.717) is 5.41 Å². The Kier molecular flexibility index (Phi) is 5.04. The zero-order valence-corrected chi connectivity index (χ0v) is 13.6. The highest BCUT2D eigenvalue weighted by molar-refractivity contribution is 9.10. The highest BCUT2D eigenvalue weighted by atomic mass is 79.9. The van der Waals surface area contributed by atoms with E-state index >= 15 is 0 Å².